The number of ether oxygens (including phenoxy) is 1. The number of hydrogen-bond donors (Lipinski definition) is 0. The van der Waals surface area contributed by atoms with Crippen LogP contribution in [0.1, 0.15) is 13.3 Å². The predicted octanol–water partition coefficient (Wildman–Crippen LogP) is 1.54. The standard InChI is InChI=1S/C11H15ClN2O3S/c1-2-18(15,16)14-6-4-9(8-14)17-11-3-5-13-7-10(11)12/h3,5,7,9H,2,4,6,8H2,1H3/t9-/m1/s1. The van der Waals surface area contributed by atoms with Crippen LogP contribution in [0.2, 0.25) is 5.02 Å². The number of pyridine rings is 1. The Balaban J connectivity index is 2.01. The molecular formula is C11H15ClN2O3S. The maximum atomic E-state index is 11.7. The van der Waals surface area contributed by atoms with Crippen molar-refractivity contribution >= 4 is 21.6 Å². The van der Waals surface area contributed by atoms with Crippen molar-refractivity contribution in [3.8, 4) is 5.75 Å². The van der Waals surface area contributed by atoms with Gasteiger partial charge in [-0.1, -0.05) is 11.6 Å². The highest BCUT2D eigenvalue weighted by atomic mass is 35.5. The Kier molecular flexibility index (Phi) is 4.09. The molecule has 0 aromatic carbocycles. The summed E-state index contributed by atoms with van der Waals surface area (Å²) in [6, 6.07) is 1.68. The number of hydrogen-bond acceptors (Lipinski definition) is 4. The van der Waals surface area contributed by atoms with Crippen LogP contribution in [0.15, 0.2) is 18.5 Å². The van der Waals surface area contributed by atoms with Gasteiger partial charge in [0, 0.05) is 25.0 Å². The number of halogens is 1. The highest BCUT2D eigenvalue weighted by Gasteiger charge is 2.31. The molecule has 0 amide bonds. The molecule has 1 aromatic rings. The minimum atomic E-state index is -3.13. The van der Waals surface area contributed by atoms with Crippen LogP contribution in [0.4, 0.5) is 0 Å². The molecule has 1 aliphatic heterocycles. The van der Waals surface area contributed by atoms with Gasteiger partial charge in [-0.2, -0.15) is 4.31 Å². The Morgan fingerprint density at radius 1 is 1.61 bits per heavy atom. The summed E-state index contributed by atoms with van der Waals surface area (Å²) in [6.45, 7) is 2.53. The number of sulfonamides is 1. The summed E-state index contributed by atoms with van der Waals surface area (Å²) in [5, 5.41) is 0.439. The topological polar surface area (TPSA) is 59.5 Å². The van der Waals surface area contributed by atoms with Crippen LogP contribution in [-0.2, 0) is 10.0 Å². The van der Waals surface area contributed by atoms with Crippen molar-refractivity contribution < 1.29 is 13.2 Å². The molecule has 18 heavy (non-hydrogen) atoms. The van der Waals surface area contributed by atoms with Crippen LogP contribution in [0, 0.1) is 0 Å². The Bertz CT molecular complexity index is 521. The first-order valence-corrected chi connectivity index (χ1v) is 7.75. The van der Waals surface area contributed by atoms with Crippen molar-refractivity contribution in [2.45, 2.75) is 19.4 Å². The molecule has 0 aliphatic carbocycles. The third-order valence-electron chi connectivity index (χ3n) is 2.89. The first-order chi connectivity index (χ1) is 8.53. The highest BCUT2D eigenvalue weighted by Crippen LogP contribution is 2.26. The van der Waals surface area contributed by atoms with Gasteiger partial charge >= 0.3 is 0 Å². The fraction of sp³-hybridized carbons (Fsp3) is 0.545. The van der Waals surface area contributed by atoms with E-state index in [0.717, 1.165) is 0 Å². The molecule has 1 atom stereocenters. The largest absolute Gasteiger partial charge is 0.487 e. The summed E-state index contributed by atoms with van der Waals surface area (Å²) in [5.74, 6) is 0.669. The molecule has 0 bridgehead atoms. The summed E-state index contributed by atoms with van der Waals surface area (Å²) in [4.78, 5) is 3.87. The van der Waals surface area contributed by atoms with E-state index in [1.807, 2.05) is 0 Å². The van der Waals surface area contributed by atoms with Crippen LogP contribution in [0.25, 0.3) is 0 Å². The van der Waals surface area contributed by atoms with Crippen molar-refractivity contribution in [2.75, 3.05) is 18.8 Å². The average Bonchev–Trinajstić information content (AvgIpc) is 2.81. The van der Waals surface area contributed by atoms with Gasteiger partial charge in [-0.15, -0.1) is 0 Å². The lowest BCUT2D eigenvalue weighted by Gasteiger charge is -2.16. The van der Waals surface area contributed by atoms with Crippen LogP contribution in [0.3, 0.4) is 0 Å². The van der Waals surface area contributed by atoms with E-state index in [9.17, 15) is 8.42 Å². The molecule has 1 fully saturated rings. The van der Waals surface area contributed by atoms with Crippen LogP contribution in [-0.4, -0.2) is 42.7 Å². The zero-order valence-electron chi connectivity index (χ0n) is 10.0. The van der Waals surface area contributed by atoms with E-state index in [1.165, 1.54) is 10.5 Å². The zero-order chi connectivity index (χ0) is 13.2. The molecule has 1 saturated heterocycles. The maximum Gasteiger partial charge on any atom is 0.213 e. The smallest absolute Gasteiger partial charge is 0.213 e. The average molecular weight is 291 g/mol. The molecule has 1 aliphatic rings. The molecule has 2 heterocycles. The summed E-state index contributed by atoms with van der Waals surface area (Å²) in [7, 11) is -3.13. The van der Waals surface area contributed by atoms with Crippen molar-refractivity contribution in [3.05, 3.63) is 23.5 Å². The van der Waals surface area contributed by atoms with Gasteiger partial charge in [-0.3, -0.25) is 4.98 Å². The van der Waals surface area contributed by atoms with E-state index in [2.05, 4.69) is 4.98 Å². The minimum absolute atomic E-state index is 0.121. The maximum absolute atomic E-state index is 11.7. The lowest BCUT2D eigenvalue weighted by atomic mass is 10.3. The van der Waals surface area contributed by atoms with Gasteiger partial charge in [-0.25, -0.2) is 8.42 Å². The van der Waals surface area contributed by atoms with E-state index in [0.29, 0.717) is 30.3 Å². The number of rotatable bonds is 4. The van der Waals surface area contributed by atoms with E-state index in [1.54, 1.807) is 19.2 Å². The SMILES string of the molecule is CCS(=O)(=O)N1CC[C@@H](Oc2ccncc2Cl)C1. The molecule has 0 N–H and O–H groups in total. The summed E-state index contributed by atoms with van der Waals surface area (Å²) >= 11 is 5.94. The van der Waals surface area contributed by atoms with Crippen molar-refractivity contribution in [3.63, 3.8) is 0 Å². The fourth-order valence-corrected chi connectivity index (χ4v) is 3.17. The third kappa shape index (κ3) is 2.93. The summed E-state index contributed by atoms with van der Waals surface area (Å²) in [6.07, 6.45) is 3.63. The molecule has 0 unspecified atom stereocenters. The quantitative estimate of drug-likeness (QED) is 0.844. The first kappa shape index (κ1) is 13.6. The Hall–Kier alpha value is -0.850. The van der Waals surface area contributed by atoms with E-state index >= 15 is 0 Å². The van der Waals surface area contributed by atoms with Crippen molar-refractivity contribution in [1.82, 2.24) is 9.29 Å². The van der Waals surface area contributed by atoms with Gasteiger partial charge in [0.25, 0.3) is 0 Å². The van der Waals surface area contributed by atoms with Crippen LogP contribution in [0.5, 0.6) is 5.75 Å². The molecule has 100 valence electrons. The second-order valence-corrected chi connectivity index (χ2v) is 6.76. The lowest BCUT2D eigenvalue weighted by molar-refractivity contribution is 0.215. The predicted molar refractivity (Wildman–Crippen MR) is 69.3 cm³/mol. The van der Waals surface area contributed by atoms with Crippen LogP contribution < -0.4 is 4.74 Å². The highest BCUT2D eigenvalue weighted by molar-refractivity contribution is 7.89. The number of nitrogens with zero attached hydrogens (tertiary/aromatic N) is 2. The minimum Gasteiger partial charge on any atom is -0.487 e. The lowest BCUT2D eigenvalue weighted by Crippen LogP contribution is -2.32. The van der Waals surface area contributed by atoms with Gasteiger partial charge in [0.15, 0.2) is 0 Å². The molecule has 0 radical (unpaired) electrons. The monoisotopic (exact) mass is 290 g/mol. The Morgan fingerprint density at radius 2 is 2.39 bits per heavy atom. The van der Waals surface area contributed by atoms with E-state index in [-0.39, 0.29) is 11.9 Å². The first-order valence-electron chi connectivity index (χ1n) is 5.77. The summed E-state index contributed by atoms with van der Waals surface area (Å²) in [5.41, 5.74) is 0. The second-order valence-electron chi connectivity index (χ2n) is 4.09. The molecule has 2 rings (SSSR count). The number of aromatic nitrogens is 1. The third-order valence-corrected chi connectivity index (χ3v) is 5.03. The van der Waals surface area contributed by atoms with Gasteiger partial charge in [-0.05, 0) is 13.3 Å². The Morgan fingerprint density at radius 3 is 3.06 bits per heavy atom. The molecule has 0 saturated carbocycles. The van der Waals surface area contributed by atoms with Gasteiger partial charge in [0.2, 0.25) is 10.0 Å². The van der Waals surface area contributed by atoms with Crippen molar-refractivity contribution in [2.24, 2.45) is 0 Å². The van der Waals surface area contributed by atoms with Crippen LogP contribution >= 0.6 is 11.6 Å². The fourth-order valence-electron chi connectivity index (χ4n) is 1.87. The molecule has 0 spiro atoms. The molecular weight excluding hydrogens is 276 g/mol. The molecule has 1 aromatic heterocycles. The Labute approximate surface area is 112 Å². The van der Waals surface area contributed by atoms with Gasteiger partial charge in [0.1, 0.15) is 16.9 Å². The van der Waals surface area contributed by atoms with E-state index < -0.39 is 10.0 Å². The summed E-state index contributed by atoms with van der Waals surface area (Å²) < 4.78 is 30.6. The van der Waals surface area contributed by atoms with Gasteiger partial charge < -0.3 is 4.74 Å². The molecule has 7 heteroatoms. The van der Waals surface area contributed by atoms with Gasteiger partial charge in [0.05, 0.1) is 12.3 Å². The zero-order valence-corrected chi connectivity index (χ0v) is 11.6. The molecule has 5 nitrogen and oxygen atoms in total. The normalized spacial score (nSPS) is 21.1. The second kappa shape index (κ2) is 5.42. The van der Waals surface area contributed by atoms with E-state index in [4.69, 9.17) is 16.3 Å². The van der Waals surface area contributed by atoms with Crippen molar-refractivity contribution in [1.29, 1.82) is 0 Å².